The van der Waals surface area contributed by atoms with Gasteiger partial charge in [-0.1, -0.05) is 44.2 Å². The van der Waals surface area contributed by atoms with Crippen molar-refractivity contribution in [2.24, 2.45) is 10.7 Å². The van der Waals surface area contributed by atoms with Crippen molar-refractivity contribution in [2.75, 3.05) is 13.2 Å². The van der Waals surface area contributed by atoms with Gasteiger partial charge >= 0.3 is 0 Å². The van der Waals surface area contributed by atoms with Gasteiger partial charge in [0.15, 0.2) is 5.17 Å². The predicted molar refractivity (Wildman–Crippen MR) is 119 cm³/mol. The van der Waals surface area contributed by atoms with Gasteiger partial charge in [-0.2, -0.15) is 4.99 Å². The van der Waals surface area contributed by atoms with Crippen molar-refractivity contribution in [3.63, 3.8) is 0 Å². The van der Waals surface area contributed by atoms with Crippen molar-refractivity contribution in [3.05, 3.63) is 64.6 Å². The van der Waals surface area contributed by atoms with Crippen molar-refractivity contribution in [1.82, 2.24) is 0 Å². The third kappa shape index (κ3) is 5.87. The number of carbonyl (C=O) groups excluding carboxylic acids is 1. The molecule has 2 aromatic rings. The highest BCUT2D eigenvalue weighted by atomic mass is 32.2. The largest absolute Gasteiger partial charge is 0.493 e. The molecule has 0 saturated carbocycles. The van der Waals surface area contributed by atoms with Crippen LogP contribution >= 0.6 is 11.8 Å². The molecule has 1 heterocycles. The lowest BCUT2D eigenvalue weighted by Crippen LogP contribution is -2.06. The van der Waals surface area contributed by atoms with Gasteiger partial charge in [-0.25, -0.2) is 0 Å². The van der Waals surface area contributed by atoms with Crippen LogP contribution in [-0.4, -0.2) is 24.3 Å². The molecule has 152 valence electrons. The van der Waals surface area contributed by atoms with Gasteiger partial charge in [-0.3, -0.25) is 4.79 Å². The molecule has 1 atom stereocenters. The van der Waals surface area contributed by atoms with Gasteiger partial charge in [-0.15, -0.1) is 0 Å². The topological polar surface area (TPSA) is 73.9 Å². The van der Waals surface area contributed by atoms with E-state index in [1.807, 2.05) is 36.4 Å². The van der Waals surface area contributed by atoms with Crippen LogP contribution in [0.4, 0.5) is 0 Å². The van der Waals surface area contributed by atoms with Crippen LogP contribution in [-0.2, 0) is 4.79 Å². The fourth-order valence-electron chi connectivity index (χ4n) is 2.86. The van der Waals surface area contributed by atoms with E-state index >= 15 is 0 Å². The minimum Gasteiger partial charge on any atom is -0.493 e. The SMILES string of the molecule is CC[C@@H](C)c1ccc(OCCCOc2ccccc2/C=C2\SC(N)=NC2=O)cc1. The van der Waals surface area contributed by atoms with E-state index in [2.05, 4.69) is 31.0 Å². The number of hydrogen-bond donors (Lipinski definition) is 1. The first-order valence-electron chi connectivity index (χ1n) is 9.79. The monoisotopic (exact) mass is 410 g/mol. The number of thioether (sulfide) groups is 1. The Kier molecular flexibility index (Phi) is 7.36. The van der Waals surface area contributed by atoms with Gasteiger partial charge in [0.2, 0.25) is 0 Å². The maximum absolute atomic E-state index is 11.8. The van der Waals surface area contributed by atoms with Crippen molar-refractivity contribution >= 4 is 28.9 Å². The molecule has 2 aromatic carbocycles. The molecule has 2 N–H and O–H groups in total. The lowest BCUT2D eigenvalue weighted by Gasteiger charge is -2.12. The standard InChI is InChI=1S/C23H26N2O3S/c1-3-16(2)17-9-11-19(12-10-17)27-13-6-14-28-20-8-5-4-7-18(20)15-21-22(26)25-23(24)29-21/h4-5,7-12,15-16H,3,6,13-14H2,1-2H3,(H2,24,25,26)/b21-15-/t16-/m1/s1. The number of amides is 1. The second-order valence-electron chi connectivity index (χ2n) is 6.83. The Morgan fingerprint density at radius 3 is 2.52 bits per heavy atom. The zero-order valence-electron chi connectivity index (χ0n) is 16.8. The van der Waals surface area contributed by atoms with E-state index in [1.54, 1.807) is 6.08 Å². The summed E-state index contributed by atoms with van der Waals surface area (Å²) < 4.78 is 11.7. The fraction of sp³-hybridized carbons (Fsp3) is 0.304. The minimum atomic E-state index is -0.310. The normalized spacial score (nSPS) is 16.0. The Morgan fingerprint density at radius 2 is 1.83 bits per heavy atom. The van der Waals surface area contributed by atoms with E-state index in [9.17, 15) is 4.79 Å². The number of para-hydroxylation sites is 1. The van der Waals surface area contributed by atoms with E-state index in [0.717, 1.165) is 29.9 Å². The van der Waals surface area contributed by atoms with E-state index < -0.39 is 0 Å². The molecule has 0 aliphatic carbocycles. The molecule has 0 aromatic heterocycles. The molecule has 6 heteroatoms. The maximum Gasteiger partial charge on any atom is 0.286 e. The maximum atomic E-state index is 11.8. The number of amidine groups is 1. The quantitative estimate of drug-likeness (QED) is 0.466. The molecule has 0 unspecified atom stereocenters. The highest BCUT2D eigenvalue weighted by Crippen LogP contribution is 2.29. The Bertz CT molecular complexity index is 907. The Balaban J connectivity index is 1.48. The van der Waals surface area contributed by atoms with Crippen LogP contribution in [0.25, 0.3) is 6.08 Å². The fourth-order valence-corrected chi connectivity index (χ4v) is 3.53. The Labute approximate surface area is 176 Å². The molecule has 3 rings (SSSR count). The number of rotatable bonds is 9. The molecule has 0 saturated heterocycles. The van der Waals surface area contributed by atoms with Gasteiger partial charge in [-0.05, 0) is 53.9 Å². The summed E-state index contributed by atoms with van der Waals surface area (Å²) >= 11 is 1.17. The van der Waals surface area contributed by atoms with Crippen molar-refractivity contribution in [3.8, 4) is 11.5 Å². The zero-order chi connectivity index (χ0) is 20.6. The molecule has 0 spiro atoms. The number of carbonyl (C=O) groups is 1. The number of ether oxygens (including phenoxy) is 2. The second-order valence-corrected chi connectivity index (χ2v) is 7.89. The summed E-state index contributed by atoms with van der Waals surface area (Å²) in [7, 11) is 0. The van der Waals surface area contributed by atoms with Crippen LogP contribution in [0.1, 0.15) is 43.7 Å². The summed E-state index contributed by atoms with van der Waals surface area (Å²) in [5, 5.41) is 0.272. The summed E-state index contributed by atoms with van der Waals surface area (Å²) in [5.41, 5.74) is 7.77. The van der Waals surface area contributed by atoms with Crippen LogP contribution in [0, 0.1) is 0 Å². The third-order valence-electron chi connectivity index (χ3n) is 4.72. The van der Waals surface area contributed by atoms with Gasteiger partial charge in [0, 0.05) is 12.0 Å². The smallest absolute Gasteiger partial charge is 0.286 e. The molecular formula is C23H26N2O3S. The summed E-state index contributed by atoms with van der Waals surface area (Å²) in [4.78, 5) is 16.0. The molecular weight excluding hydrogens is 384 g/mol. The van der Waals surface area contributed by atoms with Crippen LogP contribution in [0.5, 0.6) is 11.5 Å². The molecule has 0 fully saturated rings. The molecule has 0 radical (unpaired) electrons. The Hall–Kier alpha value is -2.73. The molecule has 29 heavy (non-hydrogen) atoms. The lowest BCUT2D eigenvalue weighted by atomic mass is 9.99. The first kappa shape index (κ1) is 21.0. The number of aliphatic imine (C=N–C) groups is 1. The molecule has 0 bridgehead atoms. The average molecular weight is 411 g/mol. The van der Waals surface area contributed by atoms with Crippen LogP contribution in [0.3, 0.4) is 0 Å². The lowest BCUT2D eigenvalue weighted by molar-refractivity contribution is -0.113. The first-order chi connectivity index (χ1) is 14.1. The number of nitrogens with zero attached hydrogens (tertiary/aromatic N) is 1. The van der Waals surface area contributed by atoms with Gasteiger partial charge in [0.25, 0.3) is 5.91 Å². The summed E-state index contributed by atoms with van der Waals surface area (Å²) in [5.74, 6) is 1.84. The molecule has 1 aliphatic rings. The number of benzene rings is 2. The molecule has 5 nitrogen and oxygen atoms in total. The first-order valence-corrected chi connectivity index (χ1v) is 10.6. The van der Waals surface area contributed by atoms with Crippen LogP contribution in [0.15, 0.2) is 58.4 Å². The van der Waals surface area contributed by atoms with E-state index in [0.29, 0.717) is 24.0 Å². The van der Waals surface area contributed by atoms with E-state index in [1.165, 1.54) is 17.3 Å². The summed E-state index contributed by atoms with van der Waals surface area (Å²) in [6.45, 7) is 5.51. The van der Waals surface area contributed by atoms with Crippen LogP contribution < -0.4 is 15.2 Å². The summed E-state index contributed by atoms with van der Waals surface area (Å²) in [6.07, 6.45) is 3.64. The second kappa shape index (κ2) is 10.2. The average Bonchev–Trinajstić information content (AvgIpc) is 3.05. The number of hydrogen-bond acceptors (Lipinski definition) is 5. The van der Waals surface area contributed by atoms with Gasteiger partial charge < -0.3 is 15.2 Å². The minimum absolute atomic E-state index is 0.272. The van der Waals surface area contributed by atoms with Crippen LogP contribution in [0.2, 0.25) is 0 Å². The van der Waals surface area contributed by atoms with E-state index in [-0.39, 0.29) is 11.1 Å². The van der Waals surface area contributed by atoms with E-state index in [4.69, 9.17) is 15.2 Å². The zero-order valence-corrected chi connectivity index (χ0v) is 17.6. The number of nitrogens with two attached hydrogens (primary N) is 1. The molecule has 1 aliphatic heterocycles. The summed E-state index contributed by atoms with van der Waals surface area (Å²) in [6, 6.07) is 15.9. The highest BCUT2D eigenvalue weighted by Gasteiger charge is 2.20. The van der Waals surface area contributed by atoms with Gasteiger partial charge in [0.05, 0.1) is 18.1 Å². The van der Waals surface area contributed by atoms with Crippen molar-refractivity contribution in [2.45, 2.75) is 32.6 Å². The van der Waals surface area contributed by atoms with Crippen molar-refractivity contribution in [1.29, 1.82) is 0 Å². The highest BCUT2D eigenvalue weighted by molar-refractivity contribution is 8.18. The predicted octanol–water partition coefficient (Wildman–Crippen LogP) is 4.98. The third-order valence-corrected chi connectivity index (χ3v) is 5.53. The molecule has 1 amide bonds. The van der Waals surface area contributed by atoms with Crippen molar-refractivity contribution < 1.29 is 14.3 Å². The Morgan fingerprint density at radius 1 is 1.10 bits per heavy atom. The van der Waals surface area contributed by atoms with Gasteiger partial charge in [0.1, 0.15) is 11.5 Å².